The van der Waals surface area contributed by atoms with Crippen molar-refractivity contribution in [1.29, 1.82) is 0 Å². The molecule has 0 spiro atoms. The number of fused-ring (bicyclic) bond motifs is 5. The SMILES string of the molecule is O=[N+]([O-])c1ccccc1C1=Cc2nc3ccccc3n3c2c(c2ccccc23)C1c1ccccc1. The van der Waals surface area contributed by atoms with Gasteiger partial charge in [0.15, 0.2) is 0 Å². The van der Waals surface area contributed by atoms with Gasteiger partial charge in [-0.15, -0.1) is 0 Å². The molecule has 0 saturated heterocycles. The van der Waals surface area contributed by atoms with E-state index in [1.165, 1.54) is 0 Å². The Labute approximate surface area is 200 Å². The van der Waals surface area contributed by atoms with Crippen molar-refractivity contribution >= 4 is 44.8 Å². The van der Waals surface area contributed by atoms with Crippen molar-refractivity contribution in [3.05, 3.63) is 136 Å². The summed E-state index contributed by atoms with van der Waals surface area (Å²) < 4.78 is 2.30. The van der Waals surface area contributed by atoms with Crippen LogP contribution in [0.5, 0.6) is 0 Å². The molecule has 1 atom stereocenters. The van der Waals surface area contributed by atoms with Gasteiger partial charge in [-0.2, -0.15) is 0 Å². The summed E-state index contributed by atoms with van der Waals surface area (Å²) in [4.78, 5) is 16.8. The van der Waals surface area contributed by atoms with E-state index < -0.39 is 0 Å². The average Bonchev–Trinajstić information content (AvgIpc) is 3.25. The molecule has 6 aromatic rings. The van der Waals surface area contributed by atoms with Gasteiger partial charge in [0.05, 0.1) is 38.2 Å². The lowest BCUT2D eigenvalue weighted by atomic mass is 9.77. The van der Waals surface area contributed by atoms with Crippen LogP contribution in [0.2, 0.25) is 0 Å². The van der Waals surface area contributed by atoms with Crippen LogP contribution in [0.3, 0.4) is 0 Å². The fourth-order valence-corrected chi connectivity index (χ4v) is 5.58. The first-order chi connectivity index (χ1) is 17.2. The van der Waals surface area contributed by atoms with Crippen LogP contribution < -0.4 is 0 Å². The van der Waals surface area contributed by atoms with E-state index in [0.717, 1.165) is 49.8 Å². The first-order valence-corrected chi connectivity index (χ1v) is 11.5. The van der Waals surface area contributed by atoms with E-state index in [1.54, 1.807) is 12.1 Å². The lowest BCUT2D eigenvalue weighted by molar-refractivity contribution is -0.385. The molecule has 0 radical (unpaired) electrons. The average molecular weight is 454 g/mol. The van der Waals surface area contributed by atoms with Crippen LogP contribution in [0.4, 0.5) is 5.69 Å². The number of allylic oxidation sites excluding steroid dienone is 1. The Bertz CT molecular complexity index is 1830. The maximum absolute atomic E-state index is 12.0. The molecule has 0 amide bonds. The minimum atomic E-state index is -0.297. The second kappa shape index (κ2) is 7.37. The van der Waals surface area contributed by atoms with Crippen molar-refractivity contribution in [3.63, 3.8) is 0 Å². The molecule has 0 aliphatic heterocycles. The van der Waals surface area contributed by atoms with Gasteiger partial charge in [-0.3, -0.25) is 10.1 Å². The summed E-state index contributed by atoms with van der Waals surface area (Å²) >= 11 is 0. The molecule has 2 aromatic heterocycles. The van der Waals surface area contributed by atoms with Gasteiger partial charge >= 0.3 is 0 Å². The minimum absolute atomic E-state index is 0.101. The Morgan fingerprint density at radius 1 is 0.771 bits per heavy atom. The molecule has 0 N–H and O–H groups in total. The normalized spacial score (nSPS) is 15.0. The highest BCUT2D eigenvalue weighted by Gasteiger charge is 2.34. The van der Waals surface area contributed by atoms with Crippen LogP contribution in [0, 0.1) is 10.1 Å². The van der Waals surface area contributed by atoms with Crippen molar-refractivity contribution in [2.45, 2.75) is 5.92 Å². The number of nitro benzene ring substituents is 1. The number of aromatic nitrogens is 2. The number of hydrogen-bond acceptors (Lipinski definition) is 3. The highest BCUT2D eigenvalue weighted by Crippen LogP contribution is 2.50. The summed E-state index contributed by atoms with van der Waals surface area (Å²) in [6, 6.07) is 33.8. The quantitative estimate of drug-likeness (QED) is 0.210. The monoisotopic (exact) mass is 453 g/mol. The Hall–Kier alpha value is -4.77. The maximum atomic E-state index is 12.0. The first-order valence-electron chi connectivity index (χ1n) is 11.5. The van der Waals surface area contributed by atoms with Gasteiger partial charge in [0.2, 0.25) is 0 Å². The van der Waals surface area contributed by atoms with Gasteiger partial charge in [-0.25, -0.2) is 4.98 Å². The zero-order chi connectivity index (χ0) is 23.5. The van der Waals surface area contributed by atoms with Crippen molar-refractivity contribution < 1.29 is 4.92 Å². The largest absolute Gasteiger partial charge is 0.305 e. The predicted octanol–water partition coefficient (Wildman–Crippen LogP) is 7.24. The van der Waals surface area contributed by atoms with E-state index in [1.807, 2.05) is 54.6 Å². The zero-order valence-corrected chi connectivity index (χ0v) is 18.6. The second-order valence-corrected chi connectivity index (χ2v) is 8.82. The Morgan fingerprint density at radius 3 is 2.29 bits per heavy atom. The molecule has 1 aliphatic rings. The predicted molar refractivity (Wildman–Crippen MR) is 139 cm³/mol. The van der Waals surface area contributed by atoms with Crippen LogP contribution in [0.25, 0.3) is 39.1 Å². The second-order valence-electron chi connectivity index (χ2n) is 8.82. The number of hydrogen-bond donors (Lipinski definition) is 0. The molecule has 166 valence electrons. The summed E-state index contributed by atoms with van der Waals surface area (Å²) in [5.74, 6) is -0.178. The molecule has 0 fully saturated rings. The van der Waals surface area contributed by atoms with Crippen LogP contribution in [0.15, 0.2) is 103 Å². The van der Waals surface area contributed by atoms with Crippen molar-refractivity contribution in [1.82, 2.24) is 9.38 Å². The van der Waals surface area contributed by atoms with Gasteiger partial charge in [-0.05, 0) is 47.0 Å². The number of nitrogens with zero attached hydrogens (tertiary/aromatic N) is 3. The number of nitro groups is 1. The van der Waals surface area contributed by atoms with Crippen LogP contribution in [-0.4, -0.2) is 14.3 Å². The Kier molecular flexibility index (Phi) is 4.14. The molecular weight excluding hydrogens is 434 g/mol. The molecule has 1 unspecified atom stereocenters. The lowest BCUT2D eigenvalue weighted by Crippen LogP contribution is -2.11. The van der Waals surface area contributed by atoms with Crippen molar-refractivity contribution in [2.24, 2.45) is 0 Å². The maximum Gasteiger partial charge on any atom is 0.276 e. The molecule has 0 bridgehead atoms. The first kappa shape index (κ1) is 19.7. The van der Waals surface area contributed by atoms with Crippen molar-refractivity contribution in [3.8, 4) is 0 Å². The molecule has 2 heterocycles. The van der Waals surface area contributed by atoms with Crippen LogP contribution >= 0.6 is 0 Å². The fraction of sp³-hybridized carbons (Fsp3) is 0.0333. The van der Waals surface area contributed by atoms with Gasteiger partial charge in [-0.1, -0.05) is 72.8 Å². The van der Waals surface area contributed by atoms with Crippen molar-refractivity contribution in [2.75, 3.05) is 0 Å². The molecule has 1 aliphatic carbocycles. The Morgan fingerprint density at radius 2 is 1.46 bits per heavy atom. The summed E-state index contributed by atoms with van der Waals surface area (Å²) in [6.45, 7) is 0. The lowest BCUT2D eigenvalue weighted by Gasteiger charge is -2.26. The molecule has 35 heavy (non-hydrogen) atoms. The smallest absolute Gasteiger partial charge is 0.276 e. The van der Waals surface area contributed by atoms with E-state index in [2.05, 4.69) is 46.9 Å². The van der Waals surface area contributed by atoms with E-state index in [0.29, 0.717) is 5.56 Å². The van der Waals surface area contributed by atoms with E-state index in [4.69, 9.17) is 4.98 Å². The van der Waals surface area contributed by atoms with E-state index in [9.17, 15) is 10.1 Å². The molecule has 0 saturated carbocycles. The van der Waals surface area contributed by atoms with E-state index >= 15 is 0 Å². The van der Waals surface area contributed by atoms with Gasteiger partial charge < -0.3 is 4.40 Å². The molecule has 4 aromatic carbocycles. The molecular formula is C30H19N3O2. The minimum Gasteiger partial charge on any atom is -0.305 e. The fourth-order valence-electron chi connectivity index (χ4n) is 5.58. The summed E-state index contributed by atoms with van der Waals surface area (Å²) in [5, 5.41) is 13.2. The van der Waals surface area contributed by atoms with Crippen LogP contribution in [0.1, 0.15) is 28.3 Å². The highest BCUT2D eigenvalue weighted by atomic mass is 16.6. The molecule has 7 rings (SSSR count). The third-order valence-corrected chi connectivity index (χ3v) is 6.96. The topological polar surface area (TPSA) is 60.4 Å². The van der Waals surface area contributed by atoms with Gasteiger partial charge in [0, 0.05) is 17.4 Å². The zero-order valence-electron chi connectivity index (χ0n) is 18.6. The number of benzene rings is 4. The van der Waals surface area contributed by atoms with Crippen LogP contribution in [-0.2, 0) is 0 Å². The third-order valence-electron chi connectivity index (χ3n) is 6.96. The number of para-hydroxylation sites is 4. The molecule has 5 nitrogen and oxygen atoms in total. The number of rotatable bonds is 3. The van der Waals surface area contributed by atoms with Gasteiger partial charge in [0.25, 0.3) is 5.69 Å². The summed E-state index contributed by atoms with van der Waals surface area (Å²) in [5.41, 5.74) is 8.76. The molecule has 5 heteroatoms. The summed E-state index contributed by atoms with van der Waals surface area (Å²) in [6.07, 6.45) is 2.05. The highest BCUT2D eigenvalue weighted by molar-refractivity contribution is 6.08. The third kappa shape index (κ3) is 2.78. The standard InChI is InChI=1S/C30H19N3O2/c34-33(35)26-16-8-4-12-20(26)22-18-24-30-29(28(22)19-10-2-1-3-11-19)21-13-5-7-15-25(21)32(30)27-17-9-6-14-23(27)31-24/h1-18,28H. The van der Waals surface area contributed by atoms with Gasteiger partial charge in [0.1, 0.15) is 0 Å². The Balaban J connectivity index is 1.69. The summed E-state index contributed by atoms with van der Waals surface area (Å²) in [7, 11) is 0. The van der Waals surface area contributed by atoms with E-state index in [-0.39, 0.29) is 16.5 Å².